The van der Waals surface area contributed by atoms with Crippen molar-refractivity contribution in [2.24, 2.45) is 5.16 Å². The van der Waals surface area contributed by atoms with E-state index in [-0.39, 0.29) is 31.6 Å². The van der Waals surface area contributed by atoms with E-state index in [2.05, 4.69) is 17.4 Å². The maximum Gasteiger partial charge on any atom is 0.348 e. The van der Waals surface area contributed by atoms with E-state index in [9.17, 15) is 19.5 Å². The van der Waals surface area contributed by atoms with E-state index in [1.165, 1.54) is 11.0 Å². The van der Waals surface area contributed by atoms with Crippen LogP contribution < -0.4 is 10.9 Å². The Hall–Kier alpha value is -4.24. The number of unbranched alkanes of at least 4 members (excludes halogenated alkanes) is 2. The fourth-order valence-corrected chi connectivity index (χ4v) is 4.59. The zero-order valence-corrected chi connectivity index (χ0v) is 22.6. The van der Waals surface area contributed by atoms with Crippen LogP contribution in [0.5, 0.6) is 0 Å². The second-order valence-corrected chi connectivity index (χ2v) is 9.84. The molecule has 1 aromatic heterocycles. The van der Waals surface area contributed by atoms with E-state index < -0.39 is 29.7 Å². The number of hydrogen-bond donors (Lipinski definition) is 2. The molecule has 1 aliphatic rings. The number of rotatable bonds is 12. The van der Waals surface area contributed by atoms with Gasteiger partial charge in [0.05, 0.1) is 12.3 Å². The highest BCUT2D eigenvalue weighted by Gasteiger charge is 2.40. The summed E-state index contributed by atoms with van der Waals surface area (Å²) in [6.07, 6.45) is 2.70. The molecule has 4 rings (SSSR count). The van der Waals surface area contributed by atoms with E-state index in [0.29, 0.717) is 17.9 Å². The molecule has 40 heavy (non-hydrogen) atoms. The quantitative estimate of drug-likeness (QED) is 0.203. The van der Waals surface area contributed by atoms with Gasteiger partial charge in [-0.2, -0.15) is 0 Å². The van der Waals surface area contributed by atoms with Gasteiger partial charge in [0.25, 0.3) is 5.91 Å². The van der Waals surface area contributed by atoms with Crippen LogP contribution in [0.4, 0.5) is 0 Å². The summed E-state index contributed by atoms with van der Waals surface area (Å²) in [4.78, 5) is 46.3. The van der Waals surface area contributed by atoms with E-state index in [1.807, 2.05) is 60.7 Å². The summed E-state index contributed by atoms with van der Waals surface area (Å²) in [5.74, 6) is -0.670. The number of likely N-dealkylation sites (tertiary alicyclic amines) is 1. The third kappa shape index (κ3) is 7.89. The Morgan fingerprint density at radius 3 is 2.42 bits per heavy atom. The van der Waals surface area contributed by atoms with Crippen LogP contribution in [0, 0.1) is 0 Å². The molecule has 210 valence electrons. The number of aryl methyl sites for hydroxylation is 1. The monoisotopic (exact) mass is 545 g/mol. The molecule has 0 saturated carbocycles. The van der Waals surface area contributed by atoms with Crippen LogP contribution >= 0.6 is 0 Å². The first-order valence-electron chi connectivity index (χ1n) is 13.6. The summed E-state index contributed by atoms with van der Waals surface area (Å²) in [6, 6.07) is 20.9. The number of nitrogens with one attached hydrogen (secondary N) is 1. The molecule has 1 aliphatic heterocycles. The topological polar surface area (TPSA) is 121 Å². The van der Waals surface area contributed by atoms with Crippen molar-refractivity contribution in [1.29, 1.82) is 0 Å². The smallest absolute Gasteiger partial charge is 0.348 e. The normalized spacial score (nSPS) is 16.6. The van der Waals surface area contributed by atoms with Gasteiger partial charge in [0.1, 0.15) is 30.2 Å². The number of aliphatic hydroxyl groups excluding tert-OH is 1. The number of amides is 2. The Morgan fingerprint density at radius 2 is 1.75 bits per heavy atom. The van der Waals surface area contributed by atoms with Gasteiger partial charge in [0.15, 0.2) is 0 Å². The van der Waals surface area contributed by atoms with Crippen molar-refractivity contribution in [3.05, 3.63) is 106 Å². The average molecular weight is 546 g/mol. The predicted molar refractivity (Wildman–Crippen MR) is 151 cm³/mol. The molecule has 0 radical (unpaired) electrons. The summed E-state index contributed by atoms with van der Waals surface area (Å²) >= 11 is 0. The van der Waals surface area contributed by atoms with Crippen molar-refractivity contribution in [2.45, 2.75) is 64.3 Å². The van der Waals surface area contributed by atoms with Gasteiger partial charge in [-0.25, -0.2) is 4.79 Å². The van der Waals surface area contributed by atoms with Crippen LogP contribution in [0.15, 0.2) is 87.2 Å². The first kappa shape index (κ1) is 28.8. The molecule has 2 aromatic carbocycles. The van der Waals surface area contributed by atoms with Crippen molar-refractivity contribution in [1.82, 2.24) is 10.2 Å². The van der Waals surface area contributed by atoms with Crippen molar-refractivity contribution >= 4 is 17.5 Å². The minimum Gasteiger partial charge on any atom is -0.427 e. The Morgan fingerprint density at radius 1 is 1.05 bits per heavy atom. The van der Waals surface area contributed by atoms with Gasteiger partial charge >= 0.3 is 5.63 Å². The van der Waals surface area contributed by atoms with Crippen LogP contribution in [0.1, 0.15) is 59.9 Å². The third-order valence-electron chi connectivity index (χ3n) is 6.71. The lowest BCUT2D eigenvalue weighted by atomic mass is 10.1. The fraction of sp³-hybridized carbons (Fsp3) is 0.355. The van der Waals surface area contributed by atoms with Crippen LogP contribution in [0.2, 0.25) is 0 Å². The molecule has 2 amide bonds. The van der Waals surface area contributed by atoms with Crippen LogP contribution in [-0.2, 0) is 29.1 Å². The second-order valence-electron chi connectivity index (χ2n) is 9.84. The lowest BCUT2D eigenvalue weighted by Gasteiger charge is -2.24. The van der Waals surface area contributed by atoms with Crippen LogP contribution in [0.25, 0.3) is 0 Å². The standard InChI is InChI=1S/C31H35N3O6/c1-2-3-6-15-25-16-17-26(31(38)40-25)30(37)34-20-24(33-39-21-23-13-9-5-10-14-23)19-27(34)29(36)32-28(35)18-22-11-7-4-8-12-22/h4-5,7-14,16-17,27-28,35H,2-3,6,15,18-21H2,1H3,(H,32,36)/b33-24+/t27-,28+/m0/s1. The number of carbonyl (C=O) groups is 2. The lowest BCUT2D eigenvalue weighted by molar-refractivity contribution is -0.127. The largest absolute Gasteiger partial charge is 0.427 e. The molecule has 1 saturated heterocycles. The lowest BCUT2D eigenvalue weighted by Crippen LogP contribution is -2.49. The van der Waals surface area contributed by atoms with Gasteiger partial charge in [-0.1, -0.05) is 85.6 Å². The molecule has 3 aromatic rings. The Labute approximate surface area is 233 Å². The number of oxime groups is 1. The Bertz CT molecular complexity index is 1360. The number of hydrogen-bond acceptors (Lipinski definition) is 7. The average Bonchev–Trinajstić information content (AvgIpc) is 3.38. The van der Waals surface area contributed by atoms with E-state index in [4.69, 9.17) is 9.25 Å². The molecule has 0 unspecified atom stereocenters. The van der Waals surface area contributed by atoms with Gasteiger partial charge in [0, 0.05) is 19.3 Å². The highest BCUT2D eigenvalue weighted by atomic mass is 16.6. The summed E-state index contributed by atoms with van der Waals surface area (Å²) in [5, 5.41) is 17.3. The highest BCUT2D eigenvalue weighted by Crippen LogP contribution is 2.20. The van der Waals surface area contributed by atoms with E-state index in [1.54, 1.807) is 6.07 Å². The first-order chi connectivity index (χ1) is 19.4. The van der Waals surface area contributed by atoms with Crippen molar-refractivity contribution in [3.8, 4) is 0 Å². The van der Waals surface area contributed by atoms with Gasteiger partial charge in [-0.3, -0.25) is 9.59 Å². The molecular formula is C31H35N3O6. The predicted octanol–water partition coefficient (Wildman–Crippen LogP) is 3.84. The fourth-order valence-electron chi connectivity index (χ4n) is 4.59. The minimum absolute atomic E-state index is 0.00180. The second kappa shape index (κ2) is 14.2. The minimum atomic E-state index is -1.16. The van der Waals surface area contributed by atoms with Gasteiger partial charge in [0.2, 0.25) is 5.91 Å². The van der Waals surface area contributed by atoms with Crippen molar-refractivity contribution in [3.63, 3.8) is 0 Å². The summed E-state index contributed by atoms with van der Waals surface area (Å²) in [7, 11) is 0. The van der Waals surface area contributed by atoms with Crippen LogP contribution in [-0.4, -0.2) is 46.3 Å². The molecule has 9 nitrogen and oxygen atoms in total. The maximum absolute atomic E-state index is 13.5. The molecule has 2 atom stereocenters. The number of aliphatic hydroxyl groups is 1. The first-order valence-corrected chi connectivity index (χ1v) is 13.6. The molecule has 0 aliphatic carbocycles. The van der Waals surface area contributed by atoms with Gasteiger partial charge in [-0.15, -0.1) is 0 Å². The number of nitrogens with zero attached hydrogens (tertiary/aromatic N) is 2. The summed E-state index contributed by atoms with van der Waals surface area (Å²) in [6.45, 7) is 2.32. The third-order valence-corrected chi connectivity index (χ3v) is 6.71. The van der Waals surface area contributed by atoms with E-state index >= 15 is 0 Å². The number of carbonyl (C=O) groups excluding carboxylic acids is 2. The zero-order valence-electron chi connectivity index (χ0n) is 22.6. The Kier molecular flexibility index (Phi) is 10.2. The van der Waals surface area contributed by atoms with Crippen molar-refractivity contribution < 1.29 is 24.0 Å². The zero-order chi connectivity index (χ0) is 28.3. The summed E-state index contributed by atoms with van der Waals surface area (Å²) < 4.78 is 5.40. The molecule has 0 bridgehead atoms. The maximum atomic E-state index is 13.5. The summed E-state index contributed by atoms with van der Waals surface area (Å²) in [5.41, 5.74) is 1.35. The molecule has 2 heterocycles. The molecular weight excluding hydrogens is 510 g/mol. The Balaban J connectivity index is 1.49. The molecule has 1 fully saturated rings. The molecule has 9 heteroatoms. The van der Waals surface area contributed by atoms with Crippen LogP contribution in [0.3, 0.4) is 0 Å². The van der Waals surface area contributed by atoms with Gasteiger partial charge < -0.3 is 24.6 Å². The number of benzene rings is 2. The van der Waals surface area contributed by atoms with E-state index in [0.717, 1.165) is 30.4 Å². The SMILES string of the molecule is CCCCCc1ccc(C(=O)N2C/C(=N/OCc3ccccc3)C[C@H]2C(=O)N[C@H](O)Cc2ccccc2)c(=O)o1. The molecule has 2 N–H and O–H groups in total. The van der Waals surface area contributed by atoms with Crippen molar-refractivity contribution in [2.75, 3.05) is 6.54 Å². The molecule has 0 spiro atoms. The highest BCUT2D eigenvalue weighted by molar-refractivity contribution is 6.05. The van der Waals surface area contributed by atoms with Gasteiger partial charge in [-0.05, 0) is 29.7 Å².